The molecule has 0 aromatic carbocycles. The van der Waals surface area contributed by atoms with Gasteiger partial charge in [0.15, 0.2) is 0 Å². The third-order valence-electron chi connectivity index (χ3n) is 4.43. The second-order valence-corrected chi connectivity index (χ2v) is 6.10. The molecule has 0 fully saturated rings. The van der Waals surface area contributed by atoms with E-state index >= 15 is 0 Å². The number of hydrogen-bond donors (Lipinski definition) is 0. The van der Waals surface area contributed by atoms with Crippen LogP contribution < -0.4 is 0 Å². The van der Waals surface area contributed by atoms with Crippen molar-refractivity contribution in [3.8, 4) is 0 Å². The summed E-state index contributed by atoms with van der Waals surface area (Å²) in [6.45, 7) is 7.36. The third-order valence-corrected chi connectivity index (χ3v) is 4.43. The molecule has 1 amide bonds. The molecule has 29 heavy (non-hydrogen) atoms. The van der Waals surface area contributed by atoms with E-state index in [0.29, 0.717) is 17.7 Å². The quantitative estimate of drug-likeness (QED) is 0.346. The smallest absolute Gasteiger partial charge is 0.340 e. The maximum absolute atomic E-state index is 12.6. The fourth-order valence-electron chi connectivity index (χ4n) is 2.96. The van der Waals surface area contributed by atoms with Crippen molar-refractivity contribution in [2.75, 3.05) is 33.9 Å². The number of ether oxygens (including phenoxy) is 3. The van der Waals surface area contributed by atoms with Crippen LogP contribution in [-0.4, -0.2) is 67.2 Å². The molecule has 0 unspecified atom stereocenters. The number of methoxy groups -OCH3 is 2. The SMILES string of the molecule is CCOC(=O)c1c(/C=C/C(=O)N(CC(=O)OC)CC(=O)OC)c(C)n(CC)c1C. The van der Waals surface area contributed by atoms with Gasteiger partial charge in [-0.3, -0.25) is 14.4 Å². The lowest BCUT2D eigenvalue weighted by atomic mass is 10.1. The number of amides is 1. The maximum Gasteiger partial charge on any atom is 0.340 e. The summed E-state index contributed by atoms with van der Waals surface area (Å²) in [5.41, 5.74) is 2.45. The molecule has 1 heterocycles. The lowest BCUT2D eigenvalue weighted by Crippen LogP contribution is -2.39. The van der Waals surface area contributed by atoms with E-state index in [2.05, 4.69) is 9.47 Å². The van der Waals surface area contributed by atoms with Crippen LogP contribution in [0.3, 0.4) is 0 Å². The molecule has 0 aliphatic heterocycles. The van der Waals surface area contributed by atoms with Gasteiger partial charge < -0.3 is 23.7 Å². The molecule has 0 bridgehead atoms. The standard InChI is InChI=1S/C20H28N2O7/c1-7-22-13(3)15(19(14(22)4)20(26)29-8-2)9-10-16(23)21(11-17(24)27-5)12-18(25)28-6/h9-10H,7-8,11-12H2,1-6H3/b10-9+. The predicted octanol–water partition coefficient (Wildman–Crippen LogP) is 1.49. The van der Waals surface area contributed by atoms with Gasteiger partial charge in [-0.1, -0.05) is 0 Å². The summed E-state index contributed by atoms with van der Waals surface area (Å²) >= 11 is 0. The Labute approximate surface area is 170 Å². The summed E-state index contributed by atoms with van der Waals surface area (Å²) in [5.74, 6) is -2.43. The molecule has 0 aliphatic carbocycles. The number of carbonyl (C=O) groups is 4. The molecule has 1 aromatic rings. The van der Waals surface area contributed by atoms with Crippen LogP contribution in [0.15, 0.2) is 6.08 Å². The normalized spacial score (nSPS) is 10.7. The van der Waals surface area contributed by atoms with Crippen LogP contribution in [-0.2, 0) is 35.1 Å². The molecule has 1 rings (SSSR count). The van der Waals surface area contributed by atoms with Crippen LogP contribution in [0.5, 0.6) is 0 Å². The van der Waals surface area contributed by atoms with Crippen LogP contribution >= 0.6 is 0 Å². The van der Waals surface area contributed by atoms with Crippen molar-refractivity contribution in [2.24, 2.45) is 0 Å². The summed E-state index contributed by atoms with van der Waals surface area (Å²) in [7, 11) is 2.37. The Kier molecular flexibility index (Phi) is 9.11. The molecule has 0 aliphatic rings. The Bertz CT molecular complexity index is 790. The van der Waals surface area contributed by atoms with Gasteiger partial charge in [0.1, 0.15) is 13.1 Å². The van der Waals surface area contributed by atoms with Crippen molar-refractivity contribution in [2.45, 2.75) is 34.2 Å². The number of rotatable bonds is 9. The second kappa shape index (κ2) is 11.0. The maximum atomic E-state index is 12.6. The van der Waals surface area contributed by atoms with E-state index in [4.69, 9.17) is 4.74 Å². The highest BCUT2D eigenvalue weighted by atomic mass is 16.5. The molecule has 1 aromatic heterocycles. The largest absolute Gasteiger partial charge is 0.468 e. The van der Waals surface area contributed by atoms with Gasteiger partial charge in [0.05, 0.1) is 26.4 Å². The zero-order chi connectivity index (χ0) is 22.1. The monoisotopic (exact) mass is 408 g/mol. The minimum atomic E-state index is -0.674. The van der Waals surface area contributed by atoms with Crippen molar-refractivity contribution in [3.63, 3.8) is 0 Å². The average Bonchev–Trinajstić information content (AvgIpc) is 2.94. The van der Waals surface area contributed by atoms with Crippen molar-refractivity contribution in [1.82, 2.24) is 9.47 Å². The zero-order valence-electron chi connectivity index (χ0n) is 17.7. The van der Waals surface area contributed by atoms with Crippen molar-refractivity contribution in [1.29, 1.82) is 0 Å². The molecule has 160 valence electrons. The Morgan fingerprint density at radius 1 is 0.966 bits per heavy atom. The van der Waals surface area contributed by atoms with E-state index in [1.54, 1.807) is 6.92 Å². The van der Waals surface area contributed by atoms with E-state index in [1.807, 2.05) is 25.3 Å². The first kappa shape index (κ1) is 23.9. The van der Waals surface area contributed by atoms with Crippen LogP contribution in [0, 0.1) is 13.8 Å². The molecular formula is C20H28N2O7. The topological polar surface area (TPSA) is 104 Å². The van der Waals surface area contributed by atoms with Crippen molar-refractivity contribution >= 4 is 29.9 Å². The van der Waals surface area contributed by atoms with Crippen LogP contribution in [0.25, 0.3) is 6.08 Å². The Morgan fingerprint density at radius 2 is 1.52 bits per heavy atom. The average molecular weight is 408 g/mol. The number of carbonyl (C=O) groups excluding carboxylic acids is 4. The number of nitrogens with zero attached hydrogens (tertiary/aromatic N) is 2. The molecule has 0 N–H and O–H groups in total. The van der Waals surface area contributed by atoms with Gasteiger partial charge in [-0.2, -0.15) is 0 Å². The molecule has 0 atom stereocenters. The highest BCUT2D eigenvalue weighted by Crippen LogP contribution is 2.25. The lowest BCUT2D eigenvalue weighted by Gasteiger charge is -2.18. The van der Waals surface area contributed by atoms with E-state index in [1.165, 1.54) is 26.4 Å². The van der Waals surface area contributed by atoms with Crippen LogP contribution in [0.1, 0.15) is 41.2 Å². The summed E-state index contributed by atoms with van der Waals surface area (Å²) in [5, 5.41) is 0. The first-order valence-electron chi connectivity index (χ1n) is 9.19. The van der Waals surface area contributed by atoms with Gasteiger partial charge >= 0.3 is 17.9 Å². The molecule has 9 nitrogen and oxygen atoms in total. The number of hydrogen-bond acceptors (Lipinski definition) is 7. The molecule has 0 saturated heterocycles. The first-order valence-corrected chi connectivity index (χ1v) is 9.19. The zero-order valence-corrected chi connectivity index (χ0v) is 17.7. The number of esters is 3. The van der Waals surface area contributed by atoms with Crippen molar-refractivity contribution in [3.05, 3.63) is 28.6 Å². The summed E-state index contributed by atoms with van der Waals surface area (Å²) in [4.78, 5) is 49.2. The lowest BCUT2D eigenvalue weighted by molar-refractivity contribution is -0.150. The summed E-state index contributed by atoms with van der Waals surface area (Å²) in [6.07, 6.45) is 2.70. The molecular weight excluding hydrogens is 380 g/mol. The Hall–Kier alpha value is -3.10. The Morgan fingerprint density at radius 3 is 1.97 bits per heavy atom. The van der Waals surface area contributed by atoms with Gasteiger partial charge in [-0.25, -0.2) is 4.79 Å². The van der Waals surface area contributed by atoms with E-state index < -0.39 is 36.9 Å². The molecule has 9 heteroatoms. The summed E-state index contributed by atoms with van der Waals surface area (Å²) < 4.78 is 16.2. The van der Waals surface area contributed by atoms with Gasteiger partial charge in [-0.15, -0.1) is 0 Å². The molecule has 0 spiro atoms. The van der Waals surface area contributed by atoms with E-state index in [-0.39, 0.29) is 6.61 Å². The predicted molar refractivity (Wildman–Crippen MR) is 105 cm³/mol. The van der Waals surface area contributed by atoms with Gasteiger partial charge in [0.25, 0.3) is 0 Å². The van der Waals surface area contributed by atoms with Crippen LogP contribution in [0.2, 0.25) is 0 Å². The van der Waals surface area contributed by atoms with Gasteiger partial charge in [0, 0.05) is 29.6 Å². The van der Waals surface area contributed by atoms with Gasteiger partial charge in [-0.05, 0) is 33.8 Å². The highest BCUT2D eigenvalue weighted by Gasteiger charge is 2.23. The number of aromatic nitrogens is 1. The minimum absolute atomic E-state index is 0.225. The fraction of sp³-hybridized carbons (Fsp3) is 0.500. The van der Waals surface area contributed by atoms with E-state index in [9.17, 15) is 19.2 Å². The minimum Gasteiger partial charge on any atom is -0.468 e. The van der Waals surface area contributed by atoms with Crippen molar-refractivity contribution < 1.29 is 33.4 Å². The Balaban J connectivity index is 3.27. The van der Waals surface area contributed by atoms with Gasteiger partial charge in [0.2, 0.25) is 5.91 Å². The highest BCUT2D eigenvalue weighted by molar-refractivity contribution is 6.00. The summed E-state index contributed by atoms with van der Waals surface area (Å²) in [6, 6.07) is 0. The van der Waals surface area contributed by atoms with E-state index in [0.717, 1.165) is 16.3 Å². The first-order chi connectivity index (χ1) is 13.7. The molecule has 0 saturated carbocycles. The van der Waals surface area contributed by atoms with Crippen LogP contribution in [0.4, 0.5) is 0 Å². The molecule has 0 radical (unpaired) electrons. The third kappa shape index (κ3) is 5.94. The second-order valence-electron chi connectivity index (χ2n) is 6.10. The fourth-order valence-corrected chi connectivity index (χ4v) is 2.96.